The lowest BCUT2D eigenvalue weighted by atomic mass is 9.89. The average molecular weight is 369 g/mol. The number of hydrogen-bond donors (Lipinski definition) is 0. The molecule has 0 N–H and O–H groups in total. The molecule has 2 saturated heterocycles. The van der Waals surface area contributed by atoms with Crippen LogP contribution in [0.2, 0.25) is 5.02 Å². The lowest BCUT2D eigenvalue weighted by molar-refractivity contribution is -0.132. The van der Waals surface area contributed by atoms with Crippen LogP contribution in [-0.2, 0) is 16.0 Å². The molecule has 2 aliphatic rings. The highest BCUT2D eigenvalue weighted by atomic mass is 35.5. The Labute approximate surface area is 153 Å². The molecule has 0 unspecified atom stereocenters. The van der Waals surface area contributed by atoms with E-state index < -0.39 is 5.82 Å². The second kappa shape index (κ2) is 8.47. The molecule has 4 nitrogen and oxygen atoms in total. The van der Waals surface area contributed by atoms with Crippen molar-refractivity contribution >= 4 is 17.5 Å². The monoisotopic (exact) mass is 368 g/mol. The van der Waals surface area contributed by atoms with Gasteiger partial charge in [0.1, 0.15) is 5.82 Å². The summed E-state index contributed by atoms with van der Waals surface area (Å²) < 4.78 is 18.8. The Morgan fingerprint density at radius 3 is 2.56 bits per heavy atom. The number of carbonyl (C=O) groups is 1. The van der Waals surface area contributed by atoms with Gasteiger partial charge in [0.15, 0.2) is 0 Å². The number of ether oxygens (including phenoxy) is 1. The molecule has 2 fully saturated rings. The van der Waals surface area contributed by atoms with E-state index in [0.29, 0.717) is 22.5 Å². The summed E-state index contributed by atoms with van der Waals surface area (Å²) >= 11 is 5.87. The highest BCUT2D eigenvalue weighted by molar-refractivity contribution is 6.30. The Balaban J connectivity index is 1.50. The summed E-state index contributed by atoms with van der Waals surface area (Å²) in [5.74, 6) is 0.276. The predicted octanol–water partition coefficient (Wildman–Crippen LogP) is 2.98. The highest BCUT2D eigenvalue weighted by Crippen LogP contribution is 2.25. The smallest absolute Gasteiger partial charge is 0.226 e. The summed E-state index contributed by atoms with van der Waals surface area (Å²) in [5.41, 5.74) is 0.638. The minimum atomic E-state index is -0.395. The number of hydrogen-bond acceptors (Lipinski definition) is 3. The molecule has 1 aromatic carbocycles. The fraction of sp³-hybridized carbons (Fsp3) is 0.632. The molecule has 0 aromatic heterocycles. The fourth-order valence-corrected chi connectivity index (χ4v) is 4.16. The maximum absolute atomic E-state index is 13.4. The summed E-state index contributed by atoms with van der Waals surface area (Å²) in [5, 5.41) is 0.334. The van der Waals surface area contributed by atoms with Crippen LogP contribution in [0.15, 0.2) is 18.2 Å². The van der Waals surface area contributed by atoms with E-state index in [0.717, 1.165) is 52.2 Å². The van der Waals surface area contributed by atoms with Crippen molar-refractivity contribution in [3.05, 3.63) is 34.6 Å². The molecule has 2 aliphatic heterocycles. The second-order valence-electron chi connectivity index (χ2n) is 7.06. The van der Waals surface area contributed by atoms with Crippen LogP contribution >= 0.6 is 11.6 Å². The molecule has 1 amide bonds. The molecule has 3 rings (SSSR count). The Bertz CT molecular complexity index is 579. The van der Waals surface area contributed by atoms with E-state index in [1.807, 2.05) is 4.90 Å². The van der Waals surface area contributed by atoms with Crippen LogP contribution in [0.25, 0.3) is 0 Å². The van der Waals surface area contributed by atoms with Gasteiger partial charge in [-0.15, -0.1) is 0 Å². The van der Waals surface area contributed by atoms with Gasteiger partial charge in [-0.05, 0) is 49.4 Å². The third kappa shape index (κ3) is 4.93. The molecule has 6 heteroatoms. The van der Waals surface area contributed by atoms with Gasteiger partial charge in [-0.25, -0.2) is 4.39 Å². The molecule has 0 bridgehead atoms. The van der Waals surface area contributed by atoms with Crippen molar-refractivity contribution in [1.82, 2.24) is 9.80 Å². The van der Waals surface area contributed by atoms with Crippen LogP contribution in [0.4, 0.5) is 4.39 Å². The highest BCUT2D eigenvalue weighted by Gasteiger charge is 2.30. The van der Waals surface area contributed by atoms with Gasteiger partial charge >= 0.3 is 0 Å². The number of likely N-dealkylation sites (tertiary alicyclic amines) is 1. The van der Waals surface area contributed by atoms with Gasteiger partial charge < -0.3 is 9.64 Å². The quantitative estimate of drug-likeness (QED) is 0.819. The summed E-state index contributed by atoms with van der Waals surface area (Å²) in [4.78, 5) is 16.9. The van der Waals surface area contributed by atoms with Crippen molar-refractivity contribution < 1.29 is 13.9 Å². The first-order valence-corrected chi connectivity index (χ1v) is 9.45. The van der Waals surface area contributed by atoms with Gasteiger partial charge in [0, 0.05) is 37.2 Å². The number of piperidine rings is 1. The first-order chi connectivity index (χ1) is 12.0. The zero-order valence-corrected chi connectivity index (χ0v) is 15.5. The first kappa shape index (κ1) is 18.6. The fourth-order valence-electron chi connectivity index (χ4n) is 3.91. The number of nitrogens with zero attached hydrogens (tertiary/aromatic N) is 2. The van der Waals surface area contributed by atoms with E-state index in [1.165, 1.54) is 12.1 Å². The topological polar surface area (TPSA) is 32.8 Å². The van der Waals surface area contributed by atoms with Crippen LogP contribution < -0.4 is 0 Å². The largest absolute Gasteiger partial charge is 0.379 e. The Morgan fingerprint density at radius 2 is 1.92 bits per heavy atom. The predicted molar refractivity (Wildman–Crippen MR) is 96.3 cm³/mol. The zero-order chi connectivity index (χ0) is 17.8. The molecule has 0 aliphatic carbocycles. The third-order valence-electron chi connectivity index (χ3n) is 5.47. The van der Waals surface area contributed by atoms with Gasteiger partial charge in [0.2, 0.25) is 5.91 Å². The van der Waals surface area contributed by atoms with Crippen molar-refractivity contribution in [2.24, 2.45) is 5.92 Å². The van der Waals surface area contributed by atoms with Crippen LogP contribution in [0.3, 0.4) is 0 Å². The standard InChI is InChI=1S/C19H26ClFN2O2/c1-14(22-6-8-25-9-7-22)16-2-4-23(5-3-16)19(24)12-15-10-17(20)13-18(21)11-15/h10-11,13-14,16H,2-9,12H2,1H3/t14-/m1/s1. The maximum atomic E-state index is 13.4. The Morgan fingerprint density at radius 1 is 1.24 bits per heavy atom. The molecule has 0 saturated carbocycles. The van der Waals surface area contributed by atoms with Crippen molar-refractivity contribution in [1.29, 1.82) is 0 Å². The second-order valence-corrected chi connectivity index (χ2v) is 7.50. The normalized spacial score (nSPS) is 21.3. The summed E-state index contributed by atoms with van der Waals surface area (Å²) in [6.45, 7) is 7.49. The lowest BCUT2D eigenvalue weighted by Gasteiger charge is -2.41. The SMILES string of the molecule is C[C@H](C1CCN(C(=O)Cc2cc(F)cc(Cl)c2)CC1)N1CCOCC1. The zero-order valence-electron chi connectivity index (χ0n) is 14.7. The Hall–Kier alpha value is -1.17. The number of amides is 1. The van der Waals surface area contributed by atoms with Crippen LogP contribution in [-0.4, -0.2) is 61.1 Å². The summed E-state index contributed by atoms with van der Waals surface area (Å²) in [6, 6.07) is 4.84. The lowest BCUT2D eigenvalue weighted by Crippen LogP contribution is -2.49. The van der Waals surface area contributed by atoms with Gasteiger partial charge in [0.25, 0.3) is 0 Å². The average Bonchev–Trinajstić information content (AvgIpc) is 2.61. The molecule has 25 heavy (non-hydrogen) atoms. The van der Waals surface area contributed by atoms with Crippen LogP contribution in [0.1, 0.15) is 25.3 Å². The number of benzene rings is 1. The third-order valence-corrected chi connectivity index (χ3v) is 5.69. The molecule has 0 radical (unpaired) electrons. The van der Waals surface area contributed by atoms with Gasteiger partial charge in [-0.2, -0.15) is 0 Å². The number of rotatable bonds is 4. The molecular formula is C19H26ClFN2O2. The van der Waals surface area contributed by atoms with E-state index in [-0.39, 0.29) is 12.3 Å². The minimum absolute atomic E-state index is 0.0548. The summed E-state index contributed by atoms with van der Waals surface area (Å²) in [6.07, 6.45) is 2.25. The van der Waals surface area contributed by atoms with Crippen LogP contribution in [0, 0.1) is 11.7 Å². The minimum Gasteiger partial charge on any atom is -0.379 e. The van der Waals surface area contributed by atoms with E-state index in [2.05, 4.69) is 11.8 Å². The molecule has 1 atom stereocenters. The van der Waals surface area contributed by atoms with Gasteiger partial charge in [0.05, 0.1) is 19.6 Å². The van der Waals surface area contributed by atoms with Gasteiger partial charge in [-0.3, -0.25) is 9.69 Å². The van der Waals surface area contributed by atoms with Crippen LogP contribution in [0.5, 0.6) is 0 Å². The first-order valence-electron chi connectivity index (χ1n) is 9.07. The van der Waals surface area contributed by atoms with E-state index in [1.54, 1.807) is 6.07 Å². The van der Waals surface area contributed by atoms with Crippen molar-refractivity contribution in [3.63, 3.8) is 0 Å². The van der Waals surface area contributed by atoms with Crippen molar-refractivity contribution in [2.45, 2.75) is 32.2 Å². The summed E-state index contributed by atoms with van der Waals surface area (Å²) in [7, 11) is 0. The van der Waals surface area contributed by atoms with Gasteiger partial charge in [-0.1, -0.05) is 11.6 Å². The van der Waals surface area contributed by atoms with E-state index in [4.69, 9.17) is 16.3 Å². The Kier molecular flexibility index (Phi) is 6.31. The molecular weight excluding hydrogens is 343 g/mol. The molecule has 1 aromatic rings. The number of carbonyl (C=O) groups excluding carboxylic acids is 1. The van der Waals surface area contributed by atoms with Crippen molar-refractivity contribution in [3.8, 4) is 0 Å². The molecule has 138 valence electrons. The molecule has 2 heterocycles. The van der Waals surface area contributed by atoms with E-state index >= 15 is 0 Å². The molecule has 0 spiro atoms. The van der Waals surface area contributed by atoms with Crippen molar-refractivity contribution in [2.75, 3.05) is 39.4 Å². The van der Waals surface area contributed by atoms with E-state index in [9.17, 15) is 9.18 Å². The number of morpholine rings is 1. The maximum Gasteiger partial charge on any atom is 0.226 e. The number of halogens is 2.